The molecular weight excluding hydrogens is 260 g/mol. The summed E-state index contributed by atoms with van der Waals surface area (Å²) in [6.45, 7) is 0. The predicted octanol–water partition coefficient (Wildman–Crippen LogP) is 4.32. The second-order valence-corrected chi connectivity index (χ2v) is 4.20. The highest BCUT2D eigenvalue weighted by atomic mass is 32.1. The molecule has 0 atom stereocenters. The summed E-state index contributed by atoms with van der Waals surface area (Å²) in [5, 5.41) is 0. The topological polar surface area (TPSA) is 55.0 Å². The fraction of sp³-hybridized carbons (Fsp3) is 0. The lowest BCUT2D eigenvalue weighted by Gasteiger charge is -1.80. The van der Waals surface area contributed by atoms with E-state index in [1.807, 2.05) is 48.5 Å². The fourth-order valence-corrected chi connectivity index (χ4v) is 1.90. The summed E-state index contributed by atoms with van der Waals surface area (Å²) in [5.41, 5.74) is 3.52. The molecule has 4 rings (SSSR count). The van der Waals surface area contributed by atoms with E-state index < -0.39 is 0 Å². The normalized spacial score (nSPS) is 10.3. The summed E-state index contributed by atoms with van der Waals surface area (Å²) in [6.07, 6.45) is 1.45. The average molecular weight is 270 g/mol. The van der Waals surface area contributed by atoms with Gasteiger partial charge in [0.2, 0.25) is 0 Å². The summed E-state index contributed by atoms with van der Waals surface area (Å²) >= 11 is 4.79. The number of para-hydroxylation sites is 4. The summed E-state index contributed by atoms with van der Waals surface area (Å²) in [4.78, 5) is 7.29. The third-order valence-electron chi connectivity index (χ3n) is 2.56. The largest absolute Gasteiger partial charge is 0.443 e. The molecule has 0 amide bonds. The quantitative estimate of drug-likeness (QED) is 0.483. The molecule has 2 aromatic heterocycles. The summed E-state index contributed by atoms with van der Waals surface area (Å²) < 4.78 is 10.1. The molecule has 0 aliphatic heterocycles. The molecule has 0 saturated heterocycles. The Morgan fingerprint density at radius 2 is 1.68 bits per heavy atom. The lowest BCUT2D eigenvalue weighted by atomic mass is 10.3. The van der Waals surface area contributed by atoms with Crippen LogP contribution < -0.4 is 0 Å². The molecule has 4 aromatic rings. The molecule has 0 unspecified atom stereocenters. The van der Waals surface area contributed by atoms with Gasteiger partial charge in [-0.15, -0.1) is 0 Å². The van der Waals surface area contributed by atoms with Crippen LogP contribution >= 0.6 is 12.2 Å². The molecule has 2 aromatic carbocycles. The minimum absolute atomic E-state index is 0.432. The van der Waals surface area contributed by atoms with Gasteiger partial charge in [-0.3, -0.25) is 0 Å². The van der Waals surface area contributed by atoms with E-state index in [1.54, 1.807) is 0 Å². The van der Waals surface area contributed by atoms with Crippen LogP contribution in [0.4, 0.5) is 0 Å². The zero-order valence-corrected chi connectivity index (χ0v) is 10.7. The molecule has 94 valence electrons. The molecule has 0 spiro atoms. The number of oxazole rings is 2. The Kier molecular flexibility index (Phi) is 3.12. The van der Waals surface area contributed by atoms with E-state index in [4.69, 9.17) is 21.1 Å². The van der Waals surface area contributed by atoms with Crippen LogP contribution in [-0.2, 0) is 0 Å². The molecule has 0 fully saturated rings. The van der Waals surface area contributed by atoms with Crippen molar-refractivity contribution in [2.45, 2.75) is 0 Å². The van der Waals surface area contributed by atoms with Crippen LogP contribution in [0.5, 0.6) is 0 Å². The highest BCUT2D eigenvalue weighted by Crippen LogP contribution is 2.11. The highest BCUT2D eigenvalue weighted by Gasteiger charge is 1.93. The van der Waals surface area contributed by atoms with Crippen LogP contribution in [-0.4, -0.2) is 9.97 Å². The van der Waals surface area contributed by atoms with E-state index in [2.05, 4.69) is 9.97 Å². The first-order chi connectivity index (χ1) is 9.33. The number of nitrogens with zero attached hydrogens (tertiary/aromatic N) is 1. The maximum atomic E-state index is 5.13. The van der Waals surface area contributed by atoms with Crippen molar-refractivity contribution in [3.8, 4) is 0 Å². The van der Waals surface area contributed by atoms with Gasteiger partial charge in [0.25, 0.3) is 4.84 Å². The highest BCUT2D eigenvalue weighted by molar-refractivity contribution is 7.71. The van der Waals surface area contributed by atoms with Crippen molar-refractivity contribution < 1.29 is 8.83 Å². The van der Waals surface area contributed by atoms with Gasteiger partial charge in [-0.25, -0.2) is 4.98 Å². The van der Waals surface area contributed by atoms with Gasteiger partial charge in [-0.05, 0) is 36.5 Å². The summed E-state index contributed by atoms with van der Waals surface area (Å²) in [7, 11) is 0. The maximum absolute atomic E-state index is 5.13. The zero-order valence-electron chi connectivity index (χ0n) is 9.87. The monoisotopic (exact) mass is 270 g/mol. The number of aromatic amines is 1. The van der Waals surface area contributed by atoms with Crippen molar-refractivity contribution in [1.82, 2.24) is 9.97 Å². The van der Waals surface area contributed by atoms with E-state index in [0.717, 1.165) is 22.2 Å². The molecule has 1 N–H and O–H groups in total. The minimum Gasteiger partial charge on any atom is -0.443 e. The van der Waals surface area contributed by atoms with Gasteiger partial charge in [-0.2, -0.15) is 0 Å². The third kappa shape index (κ3) is 2.56. The first-order valence-electron chi connectivity index (χ1n) is 5.69. The molecule has 5 heteroatoms. The average Bonchev–Trinajstić information content (AvgIpc) is 3.03. The van der Waals surface area contributed by atoms with Crippen molar-refractivity contribution in [2.24, 2.45) is 0 Å². The number of fused-ring (bicyclic) bond motifs is 2. The van der Waals surface area contributed by atoms with Gasteiger partial charge in [-0.1, -0.05) is 24.3 Å². The lowest BCUT2D eigenvalue weighted by Crippen LogP contribution is -1.62. The van der Waals surface area contributed by atoms with Gasteiger partial charge in [0.15, 0.2) is 17.6 Å². The summed E-state index contributed by atoms with van der Waals surface area (Å²) in [5.74, 6) is 0. The molecule has 0 bridgehead atoms. The number of nitrogens with one attached hydrogen (secondary N) is 1. The van der Waals surface area contributed by atoms with Gasteiger partial charge >= 0.3 is 0 Å². The van der Waals surface area contributed by atoms with E-state index in [-0.39, 0.29) is 0 Å². The Bertz CT molecular complexity index is 794. The second kappa shape index (κ2) is 5.07. The lowest BCUT2D eigenvalue weighted by molar-refractivity contribution is 0.583. The third-order valence-corrected chi connectivity index (χ3v) is 2.75. The molecular formula is C14H10N2O2S. The van der Waals surface area contributed by atoms with Crippen LogP contribution in [0.15, 0.2) is 63.8 Å². The molecule has 2 heterocycles. The molecule has 4 nitrogen and oxygen atoms in total. The SMILES string of the molecule is S=c1[nH]c2ccccc2o1.c1ccc2ocnc2c1. The first-order valence-corrected chi connectivity index (χ1v) is 6.10. The van der Waals surface area contributed by atoms with Crippen LogP contribution in [0, 0.1) is 4.84 Å². The predicted molar refractivity (Wildman–Crippen MR) is 75.4 cm³/mol. The van der Waals surface area contributed by atoms with Gasteiger partial charge in [0, 0.05) is 0 Å². The first kappa shape index (κ1) is 11.7. The van der Waals surface area contributed by atoms with Crippen molar-refractivity contribution in [3.63, 3.8) is 0 Å². The Balaban J connectivity index is 0.000000117. The Hall–Kier alpha value is -2.40. The van der Waals surface area contributed by atoms with E-state index in [9.17, 15) is 0 Å². The van der Waals surface area contributed by atoms with Crippen LogP contribution in [0.25, 0.3) is 22.2 Å². The number of rotatable bonds is 0. The number of benzene rings is 2. The molecule has 0 saturated carbocycles. The second-order valence-electron chi connectivity index (χ2n) is 3.83. The Morgan fingerprint density at radius 1 is 0.947 bits per heavy atom. The summed E-state index contributed by atoms with van der Waals surface area (Å²) in [6, 6.07) is 15.3. The maximum Gasteiger partial charge on any atom is 0.266 e. The van der Waals surface area contributed by atoms with E-state index in [1.165, 1.54) is 6.39 Å². The number of H-pyrrole nitrogens is 1. The van der Waals surface area contributed by atoms with Crippen molar-refractivity contribution in [1.29, 1.82) is 0 Å². The standard InChI is InChI=1S/C7H5NOS.C7H5NO/c10-7-8-5-3-1-2-4-6(5)9-7;1-2-4-7-6(3-1)8-5-9-7/h1-4H,(H,8,10);1-5H. The van der Waals surface area contributed by atoms with E-state index >= 15 is 0 Å². The number of hydrogen-bond donors (Lipinski definition) is 1. The van der Waals surface area contributed by atoms with Gasteiger partial charge in [0.1, 0.15) is 5.52 Å². The van der Waals surface area contributed by atoms with Crippen LogP contribution in [0.2, 0.25) is 0 Å². The van der Waals surface area contributed by atoms with Gasteiger partial charge < -0.3 is 13.8 Å². The van der Waals surface area contributed by atoms with Crippen molar-refractivity contribution in [3.05, 3.63) is 59.8 Å². The van der Waals surface area contributed by atoms with Gasteiger partial charge in [0.05, 0.1) is 5.52 Å². The van der Waals surface area contributed by atoms with Crippen molar-refractivity contribution in [2.75, 3.05) is 0 Å². The number of hydrogen-bond acceptors (Lipinski definition) is 4. The van der Waals surface area contributed by atoms with Crippen molar-refractivity contribution >= 4 is 34.4 Å². The molecule has 0 radical (unpaired) electrons. The molecule has 0 aliphatic carbocycles. The smallest absolute Gasteiger partial charge is 0.266 e. The minimum atomic E-state index is 0.432. The Labute approximate surface area is 113 Å². The van der Waals surface area contributed by atoms with Crippen LogP contribution in [0.3, 0.4) is 0 Å². The van der Waals surface area contributed by atoms with Crippen LogP contribution in [0.1, 0.15) is 0 Å². The fourth-order valence-electron chi connectivity index (χ4n) is 1.70. The Morgan fingerprint density at radius 3 is 2.47 bits per heavy atom. The zero-order chi connectivity index (χ0) is 13.1. The molecule has 0 aliphatic rings. The van der Waals surface area contributed by atoms with E-state index in [0.29, 0.717) is 4.84 Å². The molecule has 19 heavy (non-hydrogen) atoms. The number of aromatic nitrogens is 2.